The molecule has 2 atom stereocenters. The van der Waals surface area contributed by atoms with Gasteiger partial charge in [-0.1, -0.05) is 51.9 Å². The van der Waals surface area contributed by atoms with Gasteiger partial charge in [-0.2, -0.15) is 0 Å². The number of hydrogen-bond donors (Lipinski definition) is 4. The summed E-state index contributed by atoms with van der Waals surface area (Å²) in [5, 5.41) is 24.3. The van der Waals surface area contributed by atoms with E-state index in [1.54, 1.807) is 0 Å². The normalized spacial score (nSPS) is 13.0. The SMILES string of the molecule is CC(O)C(=O)O.CCCCCCCCCC(N)C(=O)O. The number of carboxylic acid groups (broad SMARTS) is 2. The fourth-order valence-corrected chi connectivity index (χ4v) is 1.44. The maximum absolute atomic E-state index is 10.4. The Hall–Kier alpha value is -1.14. The summed E-state index contributed by atoms with van der Waals surface area (Å²) in [5.41, 5.74) is 5.38. The van der Waals surface area contributed by atoms with Crippen molar-refractivity contribution in [3.8, 4) is 0 Å². The molecule has 0 aromatic heterocycles. The largest absolute Gasteiger partial charge is 0.480 e. The Kier molecular flexibility index (Phi) is 15.1. The first-order chi connectivity index (χ1) is 9.32. The quantitative estimate of drug-likeness (QED) is 0.457. The highest BCUT2D eigenvalue weighted by Crippen LogP contribution is 2.09. The van der Waals surface area contributed by atoms with E-state index in [0.717, 1.165) is 12.8 Å². The van der Waals surface area contributed by atoms with E-state index in [0.29, 0.717) is 6.42 Å². The number of nitrogens with two attached hydrogens (primary N) is 1. The minimum atomic E-state index is -1.23. The van der Waals surface area contributed by atoms with Crippen LogP contribution in [0.4, 0.5) is 0 Å². The third-order valence-corrected chi connectivity index (χ3v) is 2.79. The number of unbranched alkanes of at least 4 members (excludes halogenated alkanes) is 6. The molecule has 0 saturated heterocycles. The van der Waals surface area contributed by atoms with E-state index in [1.807, 2.05) is 0 Å². The average Bonchev–Trinajstić information content (AvgIpc) is 2.37. The molecule has 5 N–H and O–H groups in total. The lowest BCUT2D eigenvalue weighted by molar-refractivity contribution is -0.145. The maximum Gasteiger partial charge on any atom is 0.332 e. The van der Waals surface area contributed by atoms with Crippen LogP contribution in [0, 0.1) is 0 Å². The molecule has 0 heterocycles. The zero-order valence-electron chi connectivity index (χ0n) is 12.5. The number of rotatable bonds is 10. The van der Waals surface area contributed by atoms with Gasteiger partial charge < -0.3 is 21.1 Å². The van der Waals surface area contributed by atoms with Crippen LogP contribution < -0.4 is 5.73 Å². The van der Waals surface area contributed by atoms with Crippen molar-refractivity contribution in [2.24, 2.45) is 5.73 Å². The summed E-state index contributed by atoms with van der Waals surface area (Å²) in [6.07, 6.45) is 7.82. The van der Waals surface area contributed by atoms with Crippen molar-refractivity contribution in [2.75, 3.05) is 0 Å². The van der Waals surface area contributed by atoms with Gasteiger partial charge in [-0.25, -0.2) is 4.79 Å². The minimum Gasteiger partial charge on any atom is -0.480 e. The Balaban J connectivity index is 0. The van der Waals surface area contributed by atoms with Crippen molar-refractivity contribution in [1.82, 2.24) is 0 Å². The van der Waals surface area contributed by atoms with E-state index in [4.69, 9.17) is 21.1 Å². The highest BCUT2D eigenvalue weighted by molar-refractivity contribution is 5.72. The molecule has 20 heavy (non-hydrogen) atoms. The Morgan fingerprint density at radius 1 is 0.950 bits per heavy atom. The van der Waals surface area contributed by atoms with Crippen molar-refractivity contribution in [1.29, 1.82) is 0 Å². The van der Waals surface area contributed by atoms with Crippen LogP contribution in [0.25, 0.3) is 0 Å². The third-order valence-electron chi connectivity index (χ3n) is 2.79. The fourth-order valence-electron chi connectivity index (χ4n) is 1.44. The number of aliphatic hydroxyl groups is 1. The fraction of sp³-hybridized carbons (Fsp3) is 0.857. The van der Waals surface area contributed by atoms with Crippen LogP contribution in [0.1, 0.15) is 65.2 Å². The van der Waals surface area contributed by atoms with E-state index < -0.39 is 24.1 Å². The van der Waals surface area contributed by atoms with Gasteiger partial charge in [0.2, 0.25) is 0 Å². The molecule has 0 aromatic rings. The van der Waals surface area contributed by atoms with Gasteiger partial charge in [0.15, 0.2) is 0 Å². The zero-order valence-corrected chi connectivity index (χ0v) is 12.5. The van der Waals surface area contributed by atoms with Gasteiger partial charge >= 0.3 is 11.9 Å². The van der Waals surface area contributed by atoms with E-state index in [1.165, 1.54) is 39.0 Å². The monoisotopic (exact) mass is 291 g/mol. The van der Waals surface area contributed by atoms with Gasteiger partial charge in [0.1, 0.15) is 12.1 Å². The Labute approximate surface area is 121 Å². The van der Waals surface area contributed by atoms with Gasteiger partial charge in [-0.05, 0) is 13.3 Å². The Bertz CT molecular complexity index is 256. The molecule has 0 aliphatic heterocycles. The maximum atomic E-state index is 10.4. The van der Waals surface area contributed by atoms with Gasteiger partial charge in [-0.15, -0.1) is 0 Å². The second-order valence-corrected chi connectivity index (χ2v) is 4.87. The highest BCUT2D eigenvalue weighted by atomic mass is 16.4. The highest BCUT2D eigenvalue weighted by Gasteiger charge is 2.09. The third kappa shape index (κ3) is 16.9. The van der Waals surface area contributed by atoms with Crippen molar-refractivity contribution in [3.05, 3.63) is 0 Å². The number of aliphatic hydroxyl groups excluding tert-OH is 1. The number of carboxylic acids is 2. The molecule has 6 nitrogen and oxygen atoms in total. The Morgan fingerprint density at radius 2 is 1.35 bits per heavy atom. The summed E-state index contributed by atoms with van der Waals surface area (Å²) in [6.45, 7) is 3.40. The first kappa shape index (κ1) is 21.2. The molecule has 0 amide bonds. The summed E-state index contributed by atoms with van der Waals surface area (Å²) in [7, 11) is 0. The zero-order chi connectivity index (χ0) is 16.0. The van der Waals surface area contributed by atoms with E-state index in [2.05, 4.69) is 6.92 Å². The summed E-state index contributed by atoms with van der Waals surface area (Å²) in [4.78, 5) is 19.8. The van der Waals surface area contributed by atoms with Crippen molar-refractivity contribution in [2.45, 2.75) is 77.4 Å². The van der Waals surface area contributed by atoms with Crippen LogP contribution in [0.3, 0.4) is 0 Å². The van der Waals surface area contributed by atoms with Gasteiger partial charge in [0.25, 0.3) is 0 Å². The molecule has 6 heteroatoms. The van der Waals surface area contributed by atoms with Crippen molar-refractivity contribution in [3.63, 3.8) is 0 Å². The number of hydrogen-bond acceptors (Lipinski definition) is 4. The second-order valence-electron chi connectivity index (χ2n) is 4.87. The predicted octanol–water partition coefficient (Wildman–Crippen LogP) is 1.99. The molecule has 0 radical (unpaired) electrons. The molecule has 2 unspecified atom stereocenters. The van der Waals surface area contributed by atoms with E-state index >= 15 is 0 Å². The second kappa shape index (κ2) is 14.3. The molecule has 0 aliphatic carbocycles. The van der Waals surface area contributed by atoms with E-state index in [-0.39, 0.29) is 0 Å². The molecule has 0 bridgehead atoms. The van der Waals surface area contributed by atoms with Crippen LogP contribution >= 0.6 is 0 Å². The molecule has 0 aromatic carbocycles. The van der Waals surface area contributed by atoms with Crippen LogP contribution in [-0.2, 0) is 9.59 Å². The van der Waals surface area contributed by atoms with Crippen LogP contribution in [0.15, 0.2) is 0 Å². The van der Waals surface area contributed by atoms with Gasteiger partial charge in [-0.3, -0.25) is 4.79 Å². The van der Waals surface area contributed by atoms with Crippen molar-refractivity contribution < 1.29 is 24.9 Å². The summed E-state index contributed by atoms with van der Waals surface area (Å²) >= 11 is 0. The van der Waals surface area contributed by atoms with Gasteiger partial charge in [0.05, 0.1) is 0 Å². The molecule has 0 saturated carbocycles. The molecular weight excluding hydrogens is 262 g/mol. The molecule has 0 aliphatic rings. The smallest absolute Gasteiger partial charge is 0.332 e. The summed E-state index contributed by atoms with van der Waals surface area (Å²) < 4.78 is 0. The van der Waals surface area contributed by atoms with E-state index in [9.17, 15) is 9.59 Å². The Morgan fingerprint density at radius 3 is 1.70 bits per heavy atom. The molecular formula is C14H29NO5. The lowest BCUT2D eigenvalue weighted by atomic mass is 10.1. The summed E-state index contributed by atoms with van der Waals surface area (Å²) in [5.74, 6) is -2.06. The van der Waals surface area contributed by atoms with Crippen LogP contribution in [0.5, 0.6) is 0 Å². The lowest BCUT2D eigenvalue weighted by Gasteiger charge is -2.05. The number of aliphatic carboxylic acids is 2. The first-order valence-corrected chi connectivity index (χ1v) is 7.22. The summed E-state index contributed by atoms with van der Waals surface area (Å²) in [6, 6.07) is -0.661. The standard InChI is InChI=1S/C11H23NO2.C3H6O3/c1-2-3-4-5-6-7-8-9-10(12)11(13)14;1-2(4)3(5)6/h10H,2-9,12H2,1H3,(H,13,14);2,4H,1H3,(H,5,6). The predicted molar refractivity (Wildman–Crippen MR) is 77.5 cm³/mol. The first-order valence-electron chi connectivity index (χ1n) is 7.22. The molecule has 0 fully saturated rings. The van der Waals surface area contributed by atoms with Crippen LogP contribution in [0.2, 0.25) is 0 Å². The lowest BCUT2D eigenvalue weighted by Crippen LogP contribution is -2.29. The molecule has 0 spiro atoms. The van der Waals surface area contributed by atoms with Crippen LogP contribution in [-0.4, -0.2) is 39.4 Å². The number of carbonyl (C=O) groups is 2. The molecule has 0 rings (SSSR count). The van der Waals surface area contributed by atoms with Crippen molar-refractivity contribution >= 4 is 11.9 Å². The van der Waals surface area contributed by atoms with Gasteiger partial charge in [0, 0.05) is 0 Å². The topological polar surface area (TPSA) is 121 Å². The minimum absolute atomic E-state index is 0.614. The average molecular weight is 291 g/mol. The molecule has 120 valence electrons.